The van der Waals surface area contributed by atoms with E-state index in [1.165, 1.54) is 0 Å². The van der Waals surface area contributed by atoms with Gasteiger partial charge in [0.15, 0.2) is 0 Å². The molecule has 3 aromatic rings. The van der Waals surface area contributed by atoms with Gasteiger partial charge in [0.1, 0.15) is 0 Å². The van der Waals surface area contributed by atoms with Crippen LogP contribution in [0.1, 0.15) is 11.1 Å². The van der Waals surface area contributed by atoms with E-state index in [0.29, 0.717) is 5.56 Å². The van der Waals surface area contributed by atoms with Crippen LogP contribution in [-0.4, -0.2) is 16.4 Å². The van der Waals surface area contributed by atoms with Crippen LogP contribution in [0.25, 0.3) is 22.9 Å². The van der Waals surface area contributed by atoms with Crippen LogP contribution >= 0.6 is 11.3 Å². The number of hydrogen-bond donors (Lipinski definition) is 2. The molecule has 1 aliphatic rings. The van der Waals surface area contributed by atoms with Crippen molar-refractivity contribution in [3.63, 3.8) is 0 Å². The number of nitrogens with one attached hydrogen (secondary N) is 2. The summed E-state index contributed by atoms with van der Waals surface area (Å²) in [4.78, 5) is 16.4. The Morgan fingerprint density at radius 1 is 1.14 bits per heavy atom. The summed E-state index contributed by atoms with van der Waals surface area (Å²) in [5.41, 5.74) is 5.27. The molecule has 0 spiro atoms. The van der Waals surface area contributed by atoms with Gasteiger partial charge < -0.3 is 0 Å². The number of para-hydroxylation sites is 1. The number of aromatic amines is 2. The van der Waals surface area contributed by atoms with Gasteiger partial charge in [-0.15, -0.1) is 0 Å². The first-order valence-electron chi connectivity index (χ1n) is 6.51. The van der Waals surface area contributed by atoms with Gasteiger partial charge in [-0.1, -0.05) is 18.2 Å². The number of rotatable bonds is 2. The molecular formula is C16H11N3OS. The van der Waals surface area contributed by atoms with Gasteiger partial charge in [0.2, 0.25) is 0 Å². The molecule has 0 fully saturated rings. The van der Waals surface area contributed by atoms with E-state index in [-0.39, 0.29) is 5.56 Å². The summed E-state index contributed by atoms with van der Waals surface area (Å²) >= 11 is 1.60. The monoisotopic (exact) mass is 293 g/mol. The lowest BCUT2D eigenvalue weighted by molar-refractivity contribution is 1.06. The van der Waals surface area contributed by atoms with Gasteiger partial charge in [-0.2, -0.15) is 11.3 Å². The van der Waals surface area contributed by atoms with Crippen LogP contribution in [0.5, 0.6) is 0 Å². The quantitative estimate of drug-likeness (QED) is 0.743. The molecule has 21 heavy (non-hydrogen) atoms. The second-order valence-electron chi connectivity index (χ2n) is 4.75. The Hall–Kier alpha value is -2.66. The van der Waals surface area contributed by atoms with E-state index in [1.807, 2.05) is 47.2 Å². The molecule has 0 radical (unpaired) electrons. The lowest BCUT2D eigenvalue weighted by atomic mass is 10.0. The number of nitrogens with zero attached hydrogens (tertiary/aromatic N) is 1. The van der Waals surface area contributed by atoms with Crippen LogP contribution in [0.2, 0.25) is 0 Å². The minimum atomic E-state index is -0.124. The van der Waals surface area contributed by atoms with Crippen LogP contribution in [-0.2, 0) is 0 Å². The minimum Gasteiger partial charge on any atom is -0.297 e. The number of thiophene rings is 1. The Kier molecular flexibility index (Phi) is 2.72. The average molecular weight is 293 g/mol. The zero-order valence-electron chi connectivity index (χ0n) is 11.0. The summed E-state index contributed by atoms with van der Waals surface area (Å²) in [5, 5.41) is 9.61. The fraction of sp³-hybridized carbons (Fsp3) is 0. The third-order valence-electron chi connectivity index (χ3n) is 3.48. The Morgan fingerprint density at radius 3 is 2.90 bits per heavy atom. The predicted molar refractivity (Wildman–Crippen MR) is 87.2 cm³/mol. The normalized spacial score (nSPS) is 14.8. The third kappa shape index (κ3) is 1.98. The molecule has 0 bridgehead atoms. The maximum absolute atomic E-state index is 12.1. The lowest BCUT2D eigenvalue weighted by Gasteiger charge is -1.99. The topological polar surface area (TPSA) is 61.0 Å². The number of hydrogen-bond acceptors (Lipinski definition) is 3. The number of aliphatic imine (C=N–C) groups is 1. The first-order valence-corrected chi connectivity index (χ1v) is 7.45. The summed E-state index contributed by atoms with van der Waals surface area (Å²) in [7, 11) is 0. The van der Waals surface area contributed by atoms with Crippen molar-refractivity contribution in [2.45, 2.75) is 0 Å². The molecular weight excluding hydrogens is 282 g/mol. The number of allylic oxidation sites excluding steroid dienone is 1. The van der Waals surface area contributed by atoms with Crippen LogP contribution < -0.4 is 5.56 Å². The van der Waals surface area contributed by atoms with Gasteiger partial charge in [-0.05, 0) is 23.6 Å². The summed E-state index contributed by atoms with van der Waals surface area (Å²) in [5.74, 6) is 0. The molecule has 0 atom stereocenters. The fourth-order valence-corrected chi connectivity index (χ4v) is 3.10. The fourth-order valence-electron chi connectivity index (χ4n) is 2.45. The highest BCUT2D eigenvalue weighted by Crippen LogP contribution is 2.33. The van der Waals surface area contributed by atoms with Crippen molar-refractivity contribution in [2.24, 2.45) is 4.99 Å². The Bertz CT molecular complexity index is 913. The average Bonchev–Trinajstić information content (AvgIpc) is 3.21. The standard InChI is InChI=1S/C16H11N3OS/c20-16-13(15(18-19-16)10-5-6-21-9-10)7-11-8-17-14-4-2-1-3-12(11)14/h1-9H,(H2,18,19,20)/b11-7+. The van der Waals surface area contributed by atoms with Gasteiger partial charge in [0, 0.05) is 28.3 Å². The second-order valence-corrected chi connectivity index (χ2v) is 5.53. The summed E-state index contributed by atoms with van der Waals surface area (Å²) in [6, 6.07) is 9.90. The second kappa shape index (κ2) is 4.71. The van der Waals surface area contributed by atoms with Gasteiger partial charge in [0.25, 0.3) is 5.56 Å². The van der Waals surface area contributed by atoms with Crippen molar-refractivity contribution in [2.75, 3.05) is 0 Å². The maximum atomic E-state index is 12.1. The molecule has 0 unspecified atom stereocenters. The van der Waals surface area contributed by atoms with E-state index in [4.69, 9.17) is 0 Å². The van der Waals surface area contributed by atoms with Crippen molar-refractivity contribution in [1.29, 1.82) is 0 Å². The van der Waals surface area contributed by atoms with E-state index in [2.05, 4.69) is 15.2 Å². The highest BCUT2D eigenvalue weighted by molar-refractivity contribution is 7.08. The molecule has 4 nitrogen and oxygen atoms in total. The molecule has 1 aliphatic heterocycles. The Labute approximate surface area is 124 Å². The van der Waals surface area contributed by atoms with E-state index in [9.17, 15) is 4.79 Å². The summed E-state index contributed by atoms with van der Waals surface area (Å²) in [6.45, 7) is 0. The number of fused-ring (bicyclic) bond motifs is 1. The molecule has 102 valence electrons. The van der Waals surface area contributed by atoms with Crippen molar-refractivity contribution in [1.82, 2.24) is 10.2 Å². The third-order valence-corrected chi connectivity index (χ3v) is 4.17. The smallest absolute Gasteiger partial charge is 0.271 e. The zero-order chi connectivity index (χ0) is 14.2. The van der Waals surface area contributed by atoms with E-state index in [1.54, 1.807) is 17.6 Å². The largest absolute Gasteiger partial charge is 0.297 e. The first kappa shape index (κ1) is 12.1. The molecule has 0 saturated heterocycles. The number of benzene rings is 1. The van der Waals surface area contributed by atoms with Crippen molar-refractivity contribution in [3.05, 3.63) is 62.6 Å². The molecule has 2 aromatic heterocycles. The molecule has 0 amide bonds. The predicted octanol–water partition coefficient (Wildman–Crippen LogP) is 3.69. The van der Waals surface area contributed by atoms with Crippen molar-refractivity contribution in [3.8, 4) is 11.3 Å². The lowest BCUT2D eigenvalue weighted by Crippen LogP contribution is -2.02. The van der Waals surface area contributed by atoms with E-state index >= 15 is 0 Å². The molecule has 4 rings (SSSR count). The molecule has 2 N–H and O–H groups in total. The molecule has 1 aromatic carbocycles. The SMILES string of the molecule is O=c1[nH][nH]c(-c2ccsc2)c1/C=C1\C=Nc2ccccc21. The molecule has 3 heterocycles. The van der Waals surface area contributed by atoms with Crippen LogP contribution in [0.3, 0.4) is 0 Å². The van der Waals surface area contributed by atoms with Gasteiger partial charge in [-0.25, -0.2) is 0 Å². The van der Waals surface area contributed by atoms with Crippen LogP contribution in [0, 0.1) is 0 Å². The minimum absolute atomic E-state index is 0.124. The van der Waals surface area contributed by atoms with E-state index < -0.39 is 0 Å². The highest BCUT2D eigenvalue weighted by Gasteiger charge is 2.15. The summed E-state index contributed by atoms with van der Waals surface area (Å²) < 4.78 is 0. The molecule has 5 heteroatoms. The highest BCUT2D eigenvalue weighted by atomic mass is 32.1. The van der Waals surface area contributed by atoms with E-state index in [0.717, 1.165) is 28.1 Å². The van der Waals surface area contributed by atoms with Crippen LogP contribution in [0.15, 0.2) is 50.9 Å². The van der Waals surface area contributed by atoms with Crippen molar-refractivity contribution < 1.29 is 0 Å². The van der Waals surface area contributed by atoms with Gasteiger partial charge in [0.05, 0.1) is 16.9 Å². The number of H-pyrrole nitrogens is 2. The van der Waals surface area contributed by atoms with Gasteiger partial charge in [-0.3, -0.25) is 20.0 Å². The number of aromatic nitrogens is 2. The summed E-state index contributed by atoms with van der Waals surface area (Å²) in [6.07, 6.45) is 3.69. The maximum Gasteiger partial charge on any atom is 0.271 e. The first-order chi connectivity index (χ1) is 10.3. The van der Waals surface area contributed by atoms with Crippen molar-refractivity contribution >= 4 is 34.9 Å². The molecule has 0 saturated carbocycles. The zero-order valence-corrected chi connectivity index (χ0v) is 11.8. The van der Waals surface area contributed by atoms with Crippen LogP contribution in [0.4, 0.5) is 5.69 Å². The Balaban J connectivity index is 1.87. The molecule has 0 aliphatic carbocycles. The Morgan fingerprint density at radius 2 is 2.05 bits per heavy atom. The van der Waals surface area contributed by atoms with Gasteiger partial charge >= 0.3 is 0 Å².